The maximum atomic E-state index is 12.9. The average molecular weight is 347 g/mol. The molecule has 1 N–H and O–H groups in total. The highest BCUT2D eigenvalue weighted by atomic mass is 19.1. The van der Waals surface area contributed by atoms with Gasteiger partial charge in [-0.1, -0.05) is 0 Å². The summed E-state index contributed by atoms with van der Waals surface area (Å²) in [5.41, 5.74) is -0.594. The van der Waals surface area contributed by atoms with Gasteiger partial charge in [0.05, 0.1) is 0 Å². The molecule has 25 heavy (non-hydrogen) atoms. The molecule has 1 aromatic carbocycles. The van der Waals surface area contributed by atoms with Gasteiger partial charge in [0.25, 0.3) is 5.91 Å². The van der Waals surface area contributed by atoms with Crippen LogP contribution in [0.5, 0.6) is 5.75 Å². The summed E-state index contributed by atoms with van der Waals surface area (Å²) in [6, 6.07) is 7.40. The number of aliphatic hydroxyl groups is 1. The summed E-state index contributed by atoms with van der Waals surface area (Å²) < 4.78 is 20.1. The second-order valence-corrected chi connectivity index (χ2v) is 6.49. The lowest BCUT2D eigenvalue weighted by Gasteiger charge is -2.26. The van der Waals surface area contributed by atoms with Crippen LogP contribution in [0.25, 0.3) is 0 Å². The van der Waals surface area contributed by atoms with Gasteiger partial charge >= 0.3 is 0 Å². The van der Waals surface area contributed by atoms with Crippen LogP contribution in [0.15, 0.2) is 36.5 Å². The van der Waals surface area contributed by atoms with Crippen molar-refractivity contribution in [3.05, 3.63) is 48.0 Å². The first kappa shape index (κ1) is 17.4. The fourth-order valence-electron chi connectivity index (χ4n) is 2.97. The highest BCUT2D eigenvalue weighted by Crippen LogP contribution is 2.25. The van der Waals surface area contributed by atoms with E-state index in [1.165, 1.54) is 24.3 Å². The van der Waals surface area contributed by atoms with E-state index in [-0.39, 0.29) is 18.3 Å². The SMILES string of the molecule is Cn1ccc(C(=O)N2CCCC(O)(COc3ccc(F)cc3)CC2)n1. The van der Waals surface area contributed by atoms with Gasteiger partial charge < -0.3 is 14.7 Å². The first-order valence-electron chi connectivity index (χ1n) is 8.35. The molecule has 0 aliphatic carbocycles. The lowest BCUT2D eigenvalue weighted by atomic mass is 9.96. The summed E-state index contributed by atoms with van der Waals surface area (Å²) in [5.74, 6) is 0.0639. The molecule has 1 saturated heterocycles. The van der Waals surface area contributed by atoms with E-state index in [9.17, 15) is 14.3 Å². The van der Waals surface area contributed by atoms with Crippen molar-refractivity contribution in [1.29, 1.82) is 0 Å². The predicted octanol–water partition coefficient (Wildman–Crippen LogP) is 2.00. The standard InChI is InChI=1S/C18H22FN3O3/c1-21-11-7-16(20-21)17(23)22-10-2-8-18(24,9-12-22)13-25-15-5-3-14(19)4-6-15/h3-7,11,24H,2,8-10,12-13H2,1H3. The van der Waals surface area contributed by atoms with Gasteiger partial charge in [0, 0.05) is 26.3 Å². The molecule has 1 amide bonds. The maximum Gasteiger partial charge on any atom is 0.274 e. The van der Waals surface area contributed by atoms with E-state index in [2.05, 4.69) is 5.10 Å². The fourth-order valence-corrected chi connectivity index (χ4v) is 2.97. The molecule has 2 aromatic rings. The van der Waals surface area contributed by atoms with Gasteiger partial charge in [-0.15, -0.1) is 0 Å². The molecule has 1 fully saturated rings. The van der Waals surface area contributed by atoms with E-state index in [1.807, 2.05) is 0 Å². The topological polar surface area (TPSA) is 67.6 Å². The van der Waals surface area contributed by atoms with E-state index < -0.39 is 5.60 Å². The van der Waals surface area contributed by atoms with E-state index >= 15 is 0 Å². The van der Waals surface area contributed by atoms with Crippen molar-refractivity contribution in [2.75, 3.05) is 19.7 Å². The molecule has 2 heterocycles. The molecule has 0 saturated carbocycles. The van der Waals surface area contributed by atoms with Crippen LogP contribution in [0.3, 0.4) is 0 Å². The number of carbonyl (C=O) groups is 1. The smallest absolute Gasteiger partial charge is 0.274 e. The molecule has 1 unspecified atom stereocenters. The van der Waals surface area contributed by atoms with Crippen molar-refractivity contribution in [1.82, 2.24) is 14.7 Å². The van der Waals surface area contributed by atoms with Crippen molar-refractivity contribution < 1.29 is 19.0 Å². The number of halogens is 1. The van der Waals surface area contributed by atoms with Crippen LogP contribution in [0, 0.1) is 5.82 Å². The summed E-state index contributed by atoms with van der Waals surface area (Å²) in [5, 5.41) is 14.9. The highest BCUT2D eigenvalue weighted by Gasteiger charge is 2.33. The van der Waals surface area contributed by atoms with Crippen LogP contribution in [-0.2, 0) is 7.05 Å². The van der Waals surface area contributed by atoms with E-state index in [4.69, 9.17) is 4.74 Å². The normalized spacial score (nSPS) is 21.0. The Labute approximate surface area is 145 Å². The quantitative estimate of drug-likeness (QED) is 0.919. The lowest BCUT2D eigenvalue weighted by Crippen LogP contribution is -2.38. The number of hydrogen-bond donors (Lipinski definition) is 1. The molecule has 134 valence electrons. The van der Waals surface area contributed by atoms with Gasteiger partial charge in [-0.25, -0.2) is 4.39 Å². The largest absolute Gasteiger partial charge is 0.491 e. The molecular weight excluding hydrogens is 325 g/mol. The van der Waals surface area contributed by atoms with E-state index in [1.54, 1.807) is 28.9 Å². The van der Waals surface area contributed by atoms with Gasteiger partial charge in [-0.05, 0) is 49.6 Å². The first-order valence-corrected chi connectivity index (χ1v) is 8.35. The van der Waals surface area contributed by atoms with Crippen molar-refractivity contribution in [2.24, 2.45) is 7.05 Å². The third-order valence-electron chi connectivity index (χ3n) is 4.46. The number of carbonyl (C=O) groups excluding carboxylic acids is 1. The van der Waals surface area contributed by atoms with Gasteiger partial charge in [0.1, 0.15) is 29.5 Å². The van der Waals surface area contributed by atoms with Crippen molar-refractivity contribution in [3.8, 4) is 5.75 Å². The summed E-state index contributed by atoms with van der Waals surface area (Å²) >= 11 is 0. The average Bonchev–Trinajstić information content (AvgIpc) is 2.93. The lowest BCUT2D eigenvalue weighted by molar-refractivity contribution is -0.0163. The fraction of sp³-hybridized carbons (Fsp3) is 0.444. The van der Waals surface area contributed by atoms with Crippen LogP contribution in [0.2, 0.25) is 0 Å². The number of rotatable bonds is 4. The zero-order valence-electron chi connectivity index (χ0n) is 14.2. The number of nitrogens with zero attached hydrogens (tertiary/aromatic N) is 3. The van der Waals surface area contributed by atoms with Gasteiger partial charge in [-0.3, -0.25) is 9.48 Å². The maximum absolute atomic E-state index is 12.9. The Kier molecular flexibility index (Phi) is 5.03. The first-order chi connectivity index (χ1) is 12.0. The van der Waals surface area contributed by atoms with Gasteiger partial charge in [0.15, 0.2) is 0 Å². The molecule has 1 aliphatic heterocycles. The minimum Gasteiger partial charge on any atom is -0.491 e. The third kappa shape index (κ3) is 4.36. The number of amides is 1. The summed E-state index contributed by atoms with van der Waals surface area (Å²) in [6.45, 7) is 1.14. The van der Waals surface area contributed by atoms with Crippen LogP contribution in [0.4, 0.5) is 4.39 Å². The Balaban J connectivity index is 1.58. The van der Waals surface area contributed by atoms with Crippen LogP contribution < -0.4 is 4.74 Å². The Bertz CT molecular complexity index is 731. The summed E-state index contributed by atoms with van der Waals surface area (Å²) in [7, 11) is 1.77. The van der Waals surface area contributed by atoms with Crippen LogP contribution in [-0.4, -0.2) is 51.0 Å². The number of aromatic nitrogens is 2. The highest BCUT2D eigenvalue weighted by molar-refractivity contribution is 5.92. The minimum absolute atomic E-state index is 0.115. The molecule has 1 aliphatic rings. The predicted molar refractivity (Wildman–Crippen MR) is 89.8 cm³/mol. The Hall–Kier alpha value is -2.41. The number of aryl methyl sites for hydroxylation is 1. The molecule has 6 nitrogen and oxygen atoms in total. The van der Waals surface area contributed by atoms with Crippen LogP contribution in [0.1, 0.15) is 29.8 Å². The number of benzene rings is 1. The molecule has 0 radical (unpaired) electrons. The molecular formula is C18H22FN3O3. The second-order valence-electron chi connectivity index (χ2n) is 6.49. The molecule has 7 heteroatoms. The number of hydrogen-bond acceptors (Lipinski definition) is 4. The van der Waals surface area contributed by atoms with E-state index in [0.29, 0.717) is 43.8 Å². The Morgan fingerprint density at radius 2 is 2.04 bits per heavy atom. The monoisotopic (exact) mass is 347 g/mol. The zero-order valence-corrected chi connectivity index (χ0v) is 14.2. The van der Waals surface area contributed by atoms with Crippen molar-refractivity contribution in [3.63, 3.8) is 0 Å². The summed E-state index contributed by atoms with van der Waals surface area (Å²) in [6.07, 6.45) is 3.38. The summed E-state index contributed by atoms with van der Waals surface area (Å²) in [4.78, 5) is 14.2. The minimum atomic E-state index is -1.01. The Morgan fingerprint density at radius 1 is 1.28 bits per heavy atom. The zero-order chi connectivity index (χ0) is 17.9. The van der Waals surface area contributed by atoms with Crippen LogP contribution >= 0.6 is 0 Å². The Morgan fingerprint density at radius 3 is 2.72 bits per heavy atom. The van der Waals surface area contributed by atoms with Gasteiger partial charge in [-0.2, -0.15) is 5.10 Å². The number of ether oxygens (including phenoxy) is 1. The second kappa shape index (κ2) is 7.23. The molecule has 1 atom stereocenters. The van der Waals surface area contributed by atoms with Crippen molar-refractivity contribution >= 4 is 5.91 Å². The van der Waals surface area contributed by atoms with E-state index in [0.717, 1.165) is 0 Å². The van der Waals surface area contributed by atoms with Gasteiger partial charge in [0.2, 0.25) is 0 Å². The molecule has 0 spiro atoms. The van der Waals surface area contributed by atoms with Crippen molar-refractivity contribution in [2.45, 2.75) is 24.9 Å². The molecule has 0 bridgehead atoms. The number of likely N-dealkylation sites (tertiary alicyclic amines) is 1. The third-order valence-corrected chi connectivity index (χ3v) is 4.46. The molecule has 3 rings (SSSR count). The molecule has 1 aromatic heterocycles.